The predicted molar refractivity (Wildman–Crippen MR) is 216 cm³/mol. The Hall–Kier alpha value is -7.04. The van der Waals surface area contributed by atoms with Crippen molar-refractivity contribution in [3.8, 4) is 11.1 Å². The molecule has 8 aromatic carbocycles. The number of para-hydroxylation sites is 4. The average Bonchev–Trinajstić information content (AvgIpc) is 3.79. The van der Waals surface area contributed by atoms with E-state index < -0.39 is 0 Å². The van der Waals surface area contributed by atoms with Gasteiger partial charge in [0.05, 0.1) is 16.8 Å². The van der Waals surface area contributed by atoms with Gasteiger partial charge in [-0.2, -0.15) is 0 Å². The van der Waals surface area contributed by atoms with Crippen molar-refractivity contribution in [2.75, 3.05) is 9.80 Å². The van der Waals surface area contributed by atoms with Crippen molar-refractivity contribution in [1.82, 2.24) is 0 Å². The van der Waals surface area contributed by atoms with E-state index in [0.717, 1.165) is 83.6 Å². The van der Waals surface area contributed by atoms with Gasteiger partial charge in [0, 0.05) is 45.0 Å². The van der Waals surface area contributed by atoms with Crippen molar-refractivity contribution >= 4 is 78.0 Å². The molecule has 0 bridgehead atoms. The van der Waals surface area contributed by atoms with Gasteiger partial charge in [-0.3, -0.25) is 0 Å². The lowest BCUT2D eigenvalue weighted by Crippen LogP contribution is -2.10. The number of benzene rings is 8. The summed E-state index contributed by atoms with van der Waals surface area (Å²) in [6, 6.07) is 67.7. The van der Waals surface area contributed by atoms with Crippen molar-refractivity contribution in [3.05, 3.63) is 194 Å². The second kappa shape index (κ2) is 12.4. The third kappa shape index (κ3) is 5.00. The van der Waals surface area contributed by atoms with Gasteiger partial charge < -0.3 is 18.6 Å². The normalized spacial score (nSPS) is 11.5. The minimum Gasteiger partial charge on any atom is -0.456 e. The standard InChI is InChI=1S/C48H32N2O2/c1-4-14-33(15-5-1)34-26-28-37(29-27-34)50(38-30-31-40-39-20-10-11-24-44(39)51-46(40)32-38)42-22-13-25-45-47(42)41-21-12-23-43(48(41)52-45)49(35-16-6-2-7-17-35)36-18-8-3-9-19-36/h1-32H. The molecule has 0 saturated carbocycles. The molecule has 0 spiro atoms. The zero-order chi connectivity index (χ0) is 34.4. The van der Waals surface area contributed by atoms with Crippen LogP contribution >= 0.6 is 0 Å². The Morgan fingerprint density at radius 3 is 1.58 bits per heavy atom. The van der Waals surface area contributed by atoms with Crippen molar-refractivity contribution in [2.45, 2.75) is 0 Å². The molecular weight excluding hydrogens is 637 g/mol. The molecule has 0 N–H and O–H groups in total. The van der Waals surface area contributed by atoms with Crippen LogP contribution in [0.5, 0.6) is 0 Å². The van der Waals surface area contributed by atoms with Gasteiger partial charge in [0.2, 0.25) is 0 Å². The smallest absolute Gasteiger partial charge is 0.159 e. The molecule has 2 aromatic heterocycles. The van der Waals surface area contributed by atoms with Crippen LogP contribution in [0.3, 0.4) is 0 Å². The van der Waals surface area contributed by atoms with Gasteiger partial charge in [0.1, 0.15) is 16.7 Å². The summed E-state index contributed by atoms with van der Waals surface area (Å²) in [7, 11) is 0. The molecule has 0 atom stereocenters. The topological polar surface area (TPSA) is 32.8 Å². The molecule has 0 amide bonds. The Bertz CT molecular complexity index is 2800. The van der Waals surface area contributed by atoms with Gasteiger partial charge >= 0.3 is 0 Å². The maximum Gasteiger partial charge on any atom is 0.159 e. The Morgan fingerprint density at radius 1 is 0.308 bits per heavy atom. The summed E-state index contributed by atoms with van der Waals surface area (Å²) >= 11 is 0. The molecule has 10 rings (SSSR count). The SMILES string of the molecule is c1ccc(-c2ccc(N(c3ccc4c(c3)oc3ccccc34)c3cccc4oc5c(N(c6ccccc6)c6ccccc6)cccc5c34)cc2)cc1. The van der Waals surface area contributed by atoms with Crippen LogP contribution in [0.25, 0.3) is 55.0 Å². The Balaban J connectivity index is 1.20. The van der Waals surface area contributed by atoms with Crippen molar-refractivity contribution < 1.29 is 8.83 Å². The molecular formula is C48H32N2O2. The summed E-state index contributed by atoms with van der Waals surface area (Å²) in [6.45, 7) is 0. The average molecular weight is 669 g/mol. The van der Waals surface area contributed by atoms with E-state index in [0.29, 0.717) is 0 Å². The van der Waals surface area contributed by atoms with Gasteiger partial charge in [-0.25, -0.2) is 0 Å². The van der Waals surface area contributed by atoms with Gasteiger partial charge in [0.25, 0.3) is 0 Å². The Kier molecular flexibility index (Phi) is 7.10. The summed E-state index contributed by atoms with van der Waals surface area (Å²) in [5, 5.41) is 4.28. The molecule has 0 unspecified atom stereocenters. The molecule has 0 fully saturated rings. The highest BCUT2D eigenvalue weighted by atomic mass is 16.3. The van der Waals surface area contributed by atoms with E-state index >= 15 is 0 Å². The fraction of sp³-hybridized carbons (Fsp3) is 0. The van der Waals surface area contributed by atoms with E-state index in [9.17, 15) is 0 Å². The number of anilines is 6. The predicted octanol–water partition coefficient (Wildman–Crippen LogP) is 14.1. The Morgan fingerprint density at radius 2 is 0.827 bits per heavy atom. The first-order valence-corrected chi connectivity index (χ1v) is 17.5. The van der Waals surface area contributed by atoms with Gasteiger partial charge in [-0.15, -0.1) is 0 Å². The monoisotopic (exact) mass is 668 g/mol. The van der Waals surface area contributed by atoms with Crippen LogP contribution in [0.1, 0.15) is 0 Å². The van der Waals surface area contributed by atoms with Crippen LogP contribution in [-0.4, -0.2) is 0 Å². The number of hydrogen-bond acceptors (Lipinski definition) is 4. The fourth-order valence-electron chi connectivity index (χ4n) is 7.47. The van der Waals surface area contributed by atoms with Gasteiger partial charge in [0.15, 0.2) is 5.58 Å². The quantitative estimate of drug-likeness (QED) is 0.169. The van der Waals surface area contributed by atoms with Crippen molar-refractivity contribution in [2.24, 2.45) is 0 Å². The Labute approximate surface area is 301 Å². The molecule has 52 heavy (non-hydrogen) atoms. The van der Waals surface area contributed by atoms with E-state index in [2.05, 4.69) is 174 Å². The summed E-state index contributed by atoms with van der Waals surface area (Å²) in [5.74, 6) is 0. The number of hydrogen-bond donors (Lipinski definition) is 0. The highest BCUT2D eigenvalue weighted by Gasteiger charge is 2.24. The van der Waals surface area contributed by atoms with Crippen LogP contribution in [0.2, 0.25) is 0 Å². The first-order valence-electron chi connectivity index (χ1n) is 17.5. The maximum atomic E-state index is 6.87. The minimum atomic E-state index is 0.816. The van der Waals surface area contributed by atoms with Crippen LogP contribution in [0.4, 0.5) is 34.1 Å². The van der Waals surface area contributed by atoms with E-state index in [1.54, 1.807) is 0 Å². The largest absolute Gasteiger partial charge is 0.456 e. The number of furan rings is 2. The lowest BCUT2D eigenvalue weighted by molar-refractivity contribution is 0.669. The number of rotatable bonds is 7. The highest BCUT2D eigenvalue weighted by molar-refractivity contribution is 6.17. The fourth-order valence-corrected chi connectivity index (χ4v) is 7.47. The molecule has 246 valence electrons. The second-order valence-corrected chi connectivity index (χ2v) is 12.9. The zero-order valence-corrected chi connectivity index (χ0v) is 28.2. The molecule has 0 radical (unpaired) electrons. The first-order chi connectivity index (χ1) is 25.8. The van der Waals surface area contributed by atoms with Crippen LogP contribution in [0, 0.1) is 0 Å². The van der Waals surface area contributed by atoms with E-state index in [1.165, 1.54) is 5.56 Å². The van der Waals surface area contributed by atoms with E-state index in [4.69, 9.17) is 8.83 Å². The van der Waals surface area contributed by atoms with Crippen LogP contribution < -0.4 is 9.80 Å². The van der Waals surface area contributed by atoms with Crippen LogP contribution in [0.15, 0.2) is 203 Å². The second-order valence-electron chi connectivity index (χ2n) is 12.9. The molecule has 4 nitrogen and oxygen atoms in total. The summed E-state index contributed by atoms with van der Waals surface area (Å²) in [6.07, 6.45) is 0. The summed E-state index contributed by atoms with van der Waals surface area (Å²) in [4.78, 5) is 4.58. The third-order valence-electron chi connectivity index (χ3n) is 9.84. The lowest BCUT2D eigenvalue weighted by Gasteiger charge is -2.26. The third-order valence-corrected chi connectivity index (χ3v) is 9.84. The number of nitrogens with zero attached hydrogens (tertiary/aromatic N) is 2. The molecule has 10 aromatic rings. The van der Waals surface area contributed by atoms with Crippen LogP contribution in [-0.2, 0) is 0 Å². The number of fused-ring (bicyclic) bond motifs is 6. The van der Waals surface area contributed by atoms with Crippen molar-refractivity contribution in [1.29, 1.82) is 0 Å². The van der Waals surface area contributed by atoms with Gasteiger partial charge in [-0.05, 0) is 83.9 Å². The molecule has 0 aliphatic rings. The van der Waals surface area contributed by atoms with E-state index in [1.807, 2.05) is 30.3 Å². The minimum absolute atomic E-state index is 0.816. The molecule has 2 heterocycles. The maximum absolute atomic E-state index is 6.87. The zero-order valence-electron chi connectivity index (χ0n) is 28.2. The molecule has 0 aliphatic carbocycles. The highest BCUT2D eigenvalue weighted by Crippen LogP contribution is 2.47. The summed E-state index contributed by atoms with van der Waals surface area (Å²) in [5.41, 5.74) is 11.8. The first kappa shape index (κ1) is 29.8. The van der Waals surface area contributed by atoms with Gasteiger partial charge in [-0.1, -0.05) is 115 Å². The molecule has 4 heteroatoms. The van der Waals surface area contributed by atoms with E-state index in [-0.39, 0.29) is 0 Å². The molecule has 0 aliphatic heterocycles. The summed E-state index contributed by atoms with van der Waals surface area (Å²) < 4.78 is 13.3. The van der Waals surface area contributed by atoms with Crippen molar-refractivity contribution in [3.63, 3.8) is 0 Å². The lowest BCUT2D eigenvalue weighted by atomic mass is 10.0. The molecule has 0 saturated heterocycles.